The second-order valence-corrected chi connectivity index (χ2v) is 4.82. The van der Waals surface area contributed by atoms with E-state index in [9.17, 15) is 9.50 Å². The van der Waals surface area contributed by atoms with Gasteiger partial charge in [-0.1, -0.05) is 19.9 Å². The Bertz CT molecular complexity index is 338. The van der Waals surface area contributed by atoms with E-state index in [0.29, 0.717) is 6.54 Å². The lowest BCUT2D eigenvalue weighted by atomic mass is 9.94. The Hall–Kier alpha value is -1.09. The molecule has 0 aromatic heterocycles. The highest BCUT2D eigenvalue weighted by Crippen LogP contribution is 2.22. The van der Waals surface area contributed by atoms with Crippen LogP contribution in [0.1, 0.15) is 20.8 Å². The van der Waals surface area contributed by atoms with Gasteiger partial charge in [-0.15, -0.1) is 0 Å². The Morgan fingerprint density at radius 3 is 2.56 bits per heavy atom. The zero-order chi connectivity index (χ0) is 12.2. The molecule has 0 radical (unpaired) electrons. The van der Waals surface area contributed by atoms with E-state index in [4.69, 9.17) is 0 Å². The first-order valence-corrected chi connectivity index (χ1v) is 5.60. The first-order valence-electron chi connectivity index (χ1n) is 5.60. The molecule has 0 spiro atoms. The van der Waals surface area contributed by atoms with E-state index in [1.807, 2.05) is 26.8 Å². The summed E-state index contributed by atoms with van der Waals surface area (Å²) in [5, 5.41) is 9.24. The molecule has 0 saturated heterocycles. The van der Waals surface area contributed by atoms with Crippen LogP contribution >= 0.6 is 0 Å². The lowest BCUT2D eigenvalue weighted by Crippen LogP contribution is -2.36. The van der Waals surface area contributed by atoms with Crippen LogP contribution in [-0.4, -0.2) is 24.8 Å². The van der Waals surface area contributed by atoms with Gasteiger partial charge in [0, 0.05) is 30.8 Å². The highest BCUT2D eigenvalue weighted by molar-refractivity contribution is 5.46. The van der Waals surface area contributed by atoms with Gasteiger partial charge in [0.15, 0.2) is 0 Å². The fourth-order valence-electron chi connectivity index (χ4n) is 1.63. The highest BCUT2D eigenvalue weighted by Gasteiger charge is 2.20. The van der Waals surface area contributed by atoms with Crippen molar-refractivity contribution in [2.45, 2.75) is 20.8 Å². The molecule has 1 aromatic rings. The number of aliphatic hydroxyl groups is 1. The molecule has 0 aliphatic heterocycles. The third kappa shape index (κ3) is 3.49. The van der Waals surface area contributed by atoms with Crippen LogP contribution in [-0.2, 0) is 0 Å². The standard InChI is InChI=1S/C13H20FNO/c1-4-15(9-13(2,3)10-16)12-7-5-6-11(14)8-12/h5-8,16H,4,9-10H2,1-3H3. The molecule has 1 N–H and O–H groups in total. The van der Waals surface area contributed by atoms with Crippen LogP contribution in [0.2, 0.25) is 0 Å². The molecular weight excluding hydrogens is 205 g/mol. The SMILES string of the molecule is CCN(CC(C)(C)CO)c1cccc(F)c1. The maximum atomic E-state index is 13.1. The van der Waals surface area contributed by atoms with Crippen LogP contribution in [0.15, 0.2) is 24.3 Å². The monoisotopic (exact) mass is 225 g/mol. The number of benzene rings is 1. The summed E-state index contributed by atoms with van der Waals surface area (Å²) in [5.74, 6) is -0.224. The Labute approximate surface area is 96.7 Å². The average Bonchev–Trinajstić information content (AvgIpc) is 2.26. The summed E-state index contributed by atoms with van der Waals surface area (Å²) in [6.07, 6.45) is 0. The van der Waals surface area contributed by atoms with Crippen LogP contribution in [0.3, 0.4) is 0 Å². The molecule has 0 unspecified atom stereocenters. The molecule has 0 heterocycles. The van der Waals surface area contributed by atoms with E-state index >= 15 is 0 Å². The summed E-state index contributed by atoms with van der Waals surface area (Å²) in [6.45, 7) is 7.65. The van der Waals surface area contributed by atoms with Crippen molar-refractivity contribution < 1.29 is 9.50 Å². The Kier molecular flexibility index (Phi) is 4.30. The van der Waals surface area contributed by atoms with Crippen LogP contribution in [0, 0.1) is 11.2 Å². The van der Waals surface area contributed by atoms with Crippen LogP contribution in [0.5, 0.6) is 0 Å². The van der Waals surface area contributed by atoms with E-state index in [0.717, 1.165) is 12.2 Å². The molecular formula is C13H20FNO. The minimum atomic E-state index is -0.224. The molecule has 1 rings (SSSR count). The largest absolute Gasteiger partial charge is 0.396 e. The molecule has 0 amide bonds. The summed E-state index contributed by atoms with van der Waals surface area (Å²) < 4.78 is 13.1. The van der Waals surface area contributed by atoms with E-state index in [-0.39, 0.29) is 17.8 Å². The van der Waals surface area contributed by atoms with Gasteiger partial charge >= 0.3 is 0 Å². The van der Waals surface area contributed by atoms with Gasteiger partial charge in [0.25, 0.3) is 0 Å². The Morgan fingerprint density at radius 1 is 1.38 bits per heavy atom. The van der Waals surface area contributed by atoms with Gasteiger partial charge in [0.2, 0.25) is 0 Å². The number of rotatable bonds is 5. The molecule has 0 atom stereocenters. The van der Waals surface area contributed by atoms with Crippen molar-refractivity contribution in [3.05, 3.63) is 30.1 Å². The third-order valence-corrected chi connectivity index (χ3v) is 2.60. The quantitative estimate of drug-likeness (QED) is 0.832. The number of hydrogen-bond acceptors (Lipinski definition) is 2. The number of halogens is 1. The molecule has 0 fully saturated rings. The topological polar surface area (TPSA) is 23.5 Å². The Balaban J connectivity index is 2.82. The summed E-state index contributed by atoms with van der Waals surface area (Å²) in [6, 6.07) is 6.56. The first kappa shape index (κ1) is 13.0. The summed E-state index contributed by atoms with van der Waals surface area (Å²) in [4.78, 5) is 2.07. The summed E-state index contributed by atoms with van der Waals surface area (Å²) >= 11 is 0. The molecule has 90 valence electrons. The zero-order valence-electron chi connectivity index (χ0n) is 10.2. The van der Waals surface area contributed by atoms with Crippen molar-refractivity contribution in [3.8, 4) is 0 Å². The van der Waals surface area contributed by atoms with E-state index in [1.54, 1.807) is 6.07 Å². The fourth-order valence-corrected chi connectivity index (χ4v) is 1.63. The third-order valence-electron chi connectivity index (χ3n) is 2.60. The van der Waals surface area contributed by atoms with Gasteiger partial charge < -0.3 is 10.0 Å². The summed E-state index contributed by atoms with van der Waals surface area (Å²) in [5.41, 5.74) is 0.687. The maximum absolute atomic E-state index is 13.1. The predicted molar refractivity (Wildman–Crippen MR) is 65.2 cm³/mol. The molecule has 16 heavy (non-hydrogen) atoms. The van der Waals surface area contributed by atoms with Gasteiger partial charge in [0.05, 0.1) is 0 Å². The molecule has 1 aromatic carbocycles. The second kappa shape index (κ2) is 5.30. The van der Waals surface area contributed by atoms with Crippen molar-refractivity contribution in [2.24, 2.45) is 5.41 Å². The van der Waals surface area contributed by atoms with Crippen molar-refractivity contribution in [1.29, 1.82) is 0 Å². The van der Waals surface area contributed by atoms with Gasteiger partial charge in [-0.25, -0.2) is 4.39 Å². The molecule has 3 heteroatoms. The van der Waals surface area contributed by atoms with E-state index in [2.05, 4.69) is 4.90 Å². The molecule has 0 saturated carbocycles. The number of aliphatic hydroxyl groups excluding tert-OH is 1. The van der Waals surface area contributed by atoms with Crippen LogP contribution < -0.4 is 4.90 Å². The smallest absolute Gasteiger partial charge is 0.125 e. The molecule has 2 nitrogen and oxygen atoms in total. The van der Waals surface area contributed by atoms with Gasteiger partial charge in [0.1, 0.15) is 5.82 Å². The van der Waals surface area contributed by atoms with Crippen molar-refractivity contribution >= 4 is 5.69 Å². The highest BCUT2D eigenvalue weighted by atomic mass is 19.1. The fraction of sp³-hybridized carbons (Fsp3) is 0.538. The summed E-state index contributed by atoms with van der Waals surface area (Å²) in [7, 11) is 0. The lowest BCUT2D eigenvalue weighted by molar-refractivity contribution is 0.164. The van der Waals surface area contributed by atoms with Gasteiger partial charge in [-0.2, -0.15) is 0 Å². The number of nitrogens with zero attached hydrogens (tertiary/aromatic N) is 1. The van der Waals surface area contributed by atoms with Crippen molar-refractivity contribution in [2.75, 3.05) is 24.6 Å². The zero-order valence-corrected chi connectivity index (χ0v) is 10.2. The normalized spacial score (nSPS) is 11.6. The lowest BCUT2D eigenvalue weighted by Gasteiger charge is -2.32. The van der Waals surface area contributed by atoms with Crippen LogP contribution in [0.4, 0.5) is 10.1 Å². The Morgan fingerprint density at radius 2 is 2.06 bits per heavy atom. The molecule has 0 aliphatic carbocycles. The predicted octanol–water partition coefficient (Wildman–Crippen LogP) is 2.67. The molecule has 0 aliphatic rings. The number of anilines is 1. The van der Waals surface area contributed by atoms with Gasteiger partial charge in [-0.05, 0) is 25.1 Å². The van der Waals surface area contributed by atoms with Crippen molar-refractivity contribution in [1.82, 2.24) is 0 Å². The molecule has 0 bridgehead atoms. The number of hydrogen-bond donors (Lipinski definition) is 1. The van der Waals surface area contributed by atoms with Crippen molar-refractivity contribution in [3.63, 3.8) is 0 Å². The maximum Gasteiger partial charge on any atom is 0.125 e. The van der Waals surface area contributed by atoms with E-state index in [1.165, 1.54) is 12.1 Å². The second-order valence-electron chi connectivity index (χ2n) is 4.82. The average molecular weight is 225 g/mol. The first-order chi connectivity index (χ1) is 7.48. The van der Waals surface area contributed by atoms with Gasteiger partial charge in [-0.3, -0.25) is 0 Å². The minimum Gasteiger partial charge on any atom is -0.396 e. The minimum absolute atomic E-state index is 0.124. The van der Waals surface area contributed by atoms with E-state index < -0.39 is 0 Å². The van der Waals surface area contributed by atoms with Crippen LogP contribution in [0.25, 0.3) is 0 Å².